The van der Waals surface area contributed by atoms with Gasteiger partial charge in [-0.2, -0.15) is 4.68 Å². The largest absolute Gasteiger partial charge is 0.396 e. The fourth-order valence-corrected chi connectivity index (χ4v) is 1.96. The highest BCUT2D eigenvalue weighted by Crippen LogP contribution is 2.23. The van der Waals surface area contributed by atoms with Crippen LogP contribution in [0.4, 0.5) is 5.95 Å². The van der Waals surface area contributed by atoms with E-state index >= 15 is 0 Å². The first kappa shape index (κ1) is 10.2. The van der Waals surface area contributed by atoms with E-state index in [0.717, 1.165) is 24.7 Å². The van der Waals surface area contributed by atoms with Crippen molar-refractivity contribution in [2.75, 3.05) is 24.6 Å². The molecule has 0 bridgehead atoms. The maximum atomic E-state index is 9.00. The molecule has 0 radical (unpaired) electrons. The molecular weight excluding hydrogens is 218 g/mol. The number of nitrogens with zero attached hydrogens (tertiary/aromatic N) is 5. The molecule has 0 amide bonds. The van der Waals surface area contributed by atoms with E-state index in [-0.39, 0.29) is 6.61 Å². The number of hydrogen-bond acceptors (Lipinski definition) is 5. The highest BCUT2D eigenvalue weighted by Gasteiger charge is 2.30. The number of tetrazole rings is 1. The van der Waals surface area contributed by atoms with Gasteiger partial charge in [0.05, 0.1) is 5.69 Å². The first-order valence-electron chi connectivity index (χ1n) is 5.58. The molecule has 2 aromatic rings. The lowest BCUT2D eigenvalue weighted by Crippen LogP contribution is -2.49. The van der Waals surface area contributed by atoms with Gasteiger partial charge in [-0.05, 0) is 22.6 Å². The fraction of sp³-hybridized carbons (Fsp3) is 0.364. The van der Waals surface area contributed by atoms with Crippen molar-refractivity contribution in [3.63, 3.8) is 0 Å². The summed E-state index contributed by atoms with van der Waals surface area (Å²) in [5.41, 5.74) is 0.944. The number of benzene rings is 1. The van der Waals surface area contributed by atoms with Crippen LogP contribution < -0.4 is 4.90 Å². The summed E-state index contributed by atoms with van der Waals surface area (Å²) in [7, 11) is 0. The number of anilines is 1. The van der Waals surface area contributed by atoms with Gasteiger partial charge in [-0.25, -0.2) is 0 Å². The highest BCUT2D eigenvalue weighted by molar-refractivity contribution is 5.42. The Morgan fingerprint density at radius 3 is 2.71 bits per heavy atom. The second kappa shape index (κ2) is 4.14. The van der Waals surface area contributed by atoms with Crippen LogP contribution in [0.2, 0.25) is 0 Å². The molecule has 3 rings (SSSR count). The number of aromatic nitrogens is 4. The maximum Gasteiger partial charge on any atom is 0.250 e. The van der Waals surface area contributed by atoms with E-state index in [1.54, 1.807) is 4.68 Å². The Balaban J connectivity index is 1.86. The Bertz CT molecular complexity index is 492. The molecule has 1 N–H and O–H groups in total. The Morgan fingerprint density at radius 2 is 2.00 bits per heavy atom. The minimum absolute atomic E-state index is 0.226. The smallest absolute Gasteiger partial charge is 0.250 e. The Hall–Kier alpha value is -1.95. The van der Waals surface area contributed by atoms with Gasteiger partial charge >= 0.3 is 0 Å². The van der Waals surface area contributed by atoms with Crippen molar-refractivity contribution in [2.45, 2.75) is 0 Å². The number of aliphatic hydroxyl groups excluding tert-OH is 1. The Kier molecular flexibility index (Phi) is 2.49. The molecule has 1 aromatic heterocycles. The zero-order valence-corrected chi connectivity index (χ0v) is 9.27. The molecule has 0 unspecified atom stereocenters. The van der Waals surface area contributed by atoms with Crippen LogP contribution in [0, 0.1) is 5.92 Å². The van der Waals surface area contributed by atoms with Crippen LogP contribution in [-0.4, -0.2) is 45.0 Å². The minimum Gasteiger partial charge on any atom is -0.396 e. The van der Waals surface area contributed by atoms with Crippen LogP contribution >= 0.6 is 0 Å². The van der Waals surface area contributed by atoms with Gasteiger partial charge in [-0.15, -0.1) is 0 Å². The second-order valence-electron chi connectivity index (χ2n) is 4.18. The average Bonchev–Trinajstić information content (AvgIpc) is 2.78. The van der Waals surface area contributed by atoms with Gasteiger partial charge < -0.3 is 10.0 Å². The summed E-state index contributed by atoms with van der Waals surface area (Å²) < 4.78 is 1.72. The van der Waals surface area contributed by atoms with E-state index in [9.17, 15) is 0 Å². The zero-order valence-electron chi connectivity index (χ0n) is 9.27. The number of aliphatic hydroxyl groups is 1. The molecule has 0 saturated carbocycles. The summed E-state index contributed by atoms with van der Waals surface area (Å²) in [6.45, 7) is 1.84. The molecule has 17 heavy (non-hydrogen) atoms. The third-order valence-electron chi connectivity index (χ3n) is 2.95. The summed E-state index contributed by atoms with van der Waals surface area (Å²) >= 11 is 0. The normalized spacial score (nSPS) is 15.9. The molecule has 0 spiro atoms. The summed E-state index contributed by atoms with van der Waals surface area (Å²) in [5.74, 6) is 1.08. The van der Waals surface area contributed by atoms with Crippen molar-refractivity contribution in [1.82, 2.24) is 20.2 Å². The van der Waals surface area contributed by atoms with Gasteiger partial charge in [0.2, 0.25) is 5.95 Å². The van der Waals surface area contributed by atoms with Crippen LogP contribution in [0.25, 0.3) is 5.69 Å². The predicted octanol–water partition coefficient (Wildman–Crippen LogP) is 0.0908. The molecule has 6 heteroatoms. The first-order chi connectivity index (χ1) is 8.38. The molecule has 1 fully saturated rings. The summed E-state index contributed by atoms with van der Waals surface area (Å²) in [5, 5.41) is 20.7. The average molecular weight is 231 g/mol. The van der Waals surface area contributed by atoms with E-state index in [4.69, 9.17) is 5.11 Å². The van der Waals surface area contributed by atoms with Gasteiger partial charge in [0.15, 0.2) is 0 Å². The van der Waals surface area contributed by atoms with Crippen molar-refractivity contribution in [3.8, 4) is 5.69 Å². The molecule has 1 aromatic carbocycles. The van der Waals surface area contributed by atoms with Crippen LogP contribution in [0.5, 0.6) is 0 Å². The molecule has 6 nitrogen and oxygen atoms in total. The SMILES string of the molecule is OCC1CN(c2nnnn2-c2ccccc2)C1. The third kappa shape index (κ3) is 1.76. The zero-order chi connectivity index (χ0) is 11.7. The minimum atomic E-state index is 0.226. The van der Waals surface area contributed by atoms with Crippen LogP contribution in [0.3, 0.4) is 0 Å². The van der Waals surface area contributed by atoms with Gasteiger partial charge in [0, 0.05) is 25.6 Å². The molecule has 0 atom stereocenters. The molecule has 2 heterocycles. The summed E-state index contributed by atoms with van der Waals surface area (Å²) in [4.78, 5) is 2.06. The van der Waals surface area contributed by atoms with Crippen molar-refractivity contribution in [1.29, 1.82) is 0 Å². The summed E-state index contributed by atoms with van der Waals surface area (Å²) in [6, 6.07) is 9.78. The Morgan fingerprint density at radius 1 is 1.24 bits per heavy atom. The van der Waals surface area contributed by atoms with Gasteiger partial charge in [0.25, 0.3) is 0 Å². The number of rotatable bonds is 3. The van der Waals surface area contributed by atoms with E-state index in [1.165, 1.54) is 0 Å². The van der Waals surface area contributed by atoms with Gasteiger partial charge in [0.1, 0.15) is 0 Å². The lowest BCUT2D eigenvalue weighted by atomic mass is 10.0. The molecule has 88 valence electrons. The monoisotopic (exact) mass is 231 g/mol. The first-order valence-corrected chi connectivity index (χ1v) is 5.58. The molecule has 1 saturated heterocycles. The lowest BCUT2D eigenvalue weighted by Gasteiger charge is -2.38. The Labute approximate surface area is 98.5 Å². The second-order valence-corrected chi connectivity index (χ2v) is 4.18. The molecule has 1 aliphatic heterocycles. The van der Waals surface area contributed by atoms with Gasteiger partial charge in [-0.1, -0.05) is 23.3 Å². The topological polar surface area (TPSA) is 67.1 Å². The lowest BCUT2D eigenvalue weighted by molar-refractivity contribution is 0.199. The van der Waals surface area contributed by atoms with E-state index in [0.29, 0.717) is 5.92 Å². The predicted molar refractivity (Wildman–Crippen MR) is 61.9 cm³/mol. The van der Waals surface area contributed by atoms with Crippen molar-refractivity contribution in [3.05, 3.63) is 30.3 Å². The van der Waals surface area contributed by atoms with E-state index < -0.39 is 0 Å². The van der Waals surface area contributed by atoms with Crippen LogP contribution in [-0.2, 0) is 0 Å². The van der Waals surface area contributed by atoms with Crippen LogP contribution in [0.15, 0.2) is 30.3 Å². The number of para-hydroxylation sites is 1. The van der Waals surface area contributed by atoms with Gasteiger partial charge in [-0.3, -0.25) is 0 Å². The third-order valence-corrected chi connectivity index (χ3v) is 2.95. The summed E-state index contributed by atoms with van der Waals surface area (Å²) in [6.07, 6.45) is 0. The quantitative estimate of drug-likeness (QED) is 0.811. The van der Waals surface area contributed by atoms with Crippen molar-refractivity contribution < 1.29 is 5.11 Å². The van der Waals surface area contributed by atoms with E-state index in [1.807, 2.05) is 30.3 Å². The molecular formula is C11H13N5O. The number of hydrogen-bond donors (Lipinski definition) is 1. The highest BCUT2D eigenvalue weighted by atomic mass is 16.3. The van der Waals surface area contributed by atoms with Crippen molar-refractivity contribution in [2.24, 2.45) is 5.92 Å². The molecule has 0 aliphatic carbocycles. The maximum absolute atomic E-state index is 9.00. The fourth-order valence-electron chi connectivity index (χ4n) is 1.96. The van der Waals surface area contributed by atoms with Crippen LogP contribution in [0.1, 0.15) is 0 Å². The van der Waals surface area contributed by atoms with Crippen molar-refractivity contribution >= 4 is 5.95 Å². The molecule has 1 aliphatic rings. The van der Waals surface area contributed by atoms with E-state index in [2.05, 4.69) is 20.4 Å². The standard InChI is InChI=1S/C11H13N5O/c17-8-9-6-15(7-9)11-12-13-14-16(11)10-4-2-1-3-5-10/h1-5,9,17H,6-8H2.